The molecule has 0 aliphatic carbocycles. The number of halogens is 1. The highest BCUT2D eigenvalue weighted by Crippen LogP contribution is 2.28. The first-order valence-electron chi connectivity index (χ1n) is 7.33. The summed E-state index contributed by atoms with van der Waals surface area (Å²) < 4.78 is 41.1. The summed E-state index contributed by atoms with van der Waals surface area (Å²) in [6.45, 7) is 1.98. The second kappa shape index (κ2) is 6.84. The Bertz CT molecular complexity index is 903. The summed E-state index contributed by atoms with van der Waals surface area (Å²) in [5.74, 6) is -0.470. The fraction of sp³-hybridized carbons (Fsp3) is 0.111. The number of benzene rings is 2. The number of aryl methyl sites for hydroxylation is 1. The second-order valence-corrected chi connectivity index (χ2v) is 8.13. The van der Waals surface area contributed by atoms with Gasteiger partial charge in [-0.2, -0.15) is 4.72 Å². The first-order valence-corrected chi connectivity index (χ1v) is 9.70. The summed E-state index contributed by atoms with van der Waals surface area (Å²) in [5, 5.41) is 1.91. The third-order valence-corrected chi connectivity index (χ3v) is 6.01. The molecule has 3 rings (SSSR count). The van der Waals surface area contributed by atoms with E-state index in [1.807, 2.05) is 48.7 Å². The Morgan fingerprint density at radius 2 is 1.67 bits per heavy atom. The van der Waals surface area contributed by atoms with E-state index in [-0.39, 0.29) is 4.90 Å². The third-order valence-electron chi connectivity index (χ3n) is 3.64. The van der Waals surface area contributed by atoms with Crippen molar-refractivity contribution in [2.45, 2.75) is 17.9 Å². The lowest BCUT2D eigenvalue weighted by Crippen LogP contribution is -2.29. The average Bonchev–Trinajstić information content (AvgIpc) is 3.08. The average molecular weight is 361 g/mol. The number of thiophene rings is 1. The van der Waals surface area contributed by atoms with Gasteiger partial charge in [0.25, 0.3) is 0 Å². The smallest absolute Gasteiger partial charge is 0.207 e. The van der Waals surface area contributed by atoms with Crippen molar-refractivity contribution in [3.8, 4) is 0 Å². The summed E-state index contributed by atoms with van der Waals surface area (Å²) in [6, 6.07) is 15.8. The number of rotatable bonds is 5. The van der Waals surface area contributed by atoms with Crippen LogP contribution < -0.4 is 4.72 Å². The maximum absolute atomic E-state index is 13.0. The number of nitrogens with one attached hydrogen (secondary N) is 1. The Kier molecular flexibility index (Phi) is 4.80. The zero-order valence-electron chi connectivity index (χ0n) is 12.9. The molecule has 1 N–H and O–H groups in total. The molecule has 24 heavy (non-hydrogen) atoms. The minimum atomic E-state index is -3.77. The standard InChI is InChI=1S/C18H16FNO2S2/c1-13-4-6-14(7-5-13)18(17-3-2-12-23-17)20-24(21,22)16-10-8-15(19)9-11-16/h2-12,18,20H,1H3/t18-/m0/s1. The van der Waals surface area contributed by atoms with Crippen molar-refractivity contribution in [2.75, 3.05) is 0 Å². The van der Waals surface area contributed by atoms with Crippen molar-refractivity contribution in [3.63, 3.8) is 0 Å². The molecule has 1 atom stereocenters. The van der Waals surface area contributed by atoms with Crippen molar-refractivity contribution in [3.05, 3.63) is 87.9 Å². The molecule has 0 saturated heterocycles. The van der Waals surface area contributed by atoms with Gasteiger partial charge in [0.05, 0.1) is 10.9 Å². The van der Waals surface area contributed by atoms with E-state index in [0.29, 0.717) is 0 Å². The van der Waals surface area contributed by atoms with Crippen LogP contribution in [0.25, 0.3) is 0 Å². The Balaban J connectivity index is 1.97. The fourth-order valence-corrected chi connectivity index (χ4v) is 4.42. The van der Waals surface area contributed by atoms with E-state index in [1.54, 1.807) is 0 Å². The maximum Gasteiger partial charge on any atom is 0.241 e. The first kappa shape index (κ1) is 16.8. The van der Waals surface area contributed by atoms with Crippen molar-refractivity contribution in [1.29, 1.82) is 0 Å². The molecule has 0 spiro atoms. The summed E-state index contributed by atoms with van der Waals surface area (Å²) in [4.78, 5) is 0.933. The predicted octanol–water partition coefficient (Wildman–Crippen LogP) is 4.26. The summed E-state index contributed by atoms with van der Waals surface area (Å²) in [5.41, 5.74) is 1.96. The van der Waals surface area contributed by atoms with Gasteiger partial charge in [-0.05, 0) is 48.2 Å². The Morgan fingerprint density at radius 3 is 2.25 bits per heavy atom. The summed E-state index contributed by atoms with van der Waals surface area (Å²) >= 11 is 1.48. The lowest BCUT2D eigenvalue weighted by atomic mass is 10.0. The van der Waals surface area contributed by atoms with Crippen molar-refractivity contribution in [2.24, 2.45) is 0 Å². The molecule has 1 aromatic heterocycles. The van der Waals surface area contributed by atoms with Gasteiger partial charge in [-0.1, -0.05) is 35.9 Å². The minimum Gasteiger partial charge on any atom is -0.207 e. The molecule has 3 aromatic rings. The fourth-order valence-electron chi connectivity index (χ4n) is 2.34. The van der Waals surface area contributed by atoms with Crippen LogP contribution in [0.2, 0.25) is 0 Å². The summed E-state index contributed by atoms with van der Waals surface area (Å²) in [7, 11) is -3.77. The molecule has 0 amide bonds. The van der Waals surface area contributed by atoms with Gasteiger partial charge < -0.3 is 0 Å². The third kappa shape index (κ3) is 3.72. The predicted molar refractivity (Wildman–Crippen MR) is 94.1 cm³/mol. The summed E-state index contributed by atoms with van der Waals surface area (Å²) in [6.07, 6.45) is 0. The van der Waals surface area contributed by atoms with Crippen molar-refractivity contribution in [1.82, 2.24) is 4.72 Å². The first-order chi connectivity index (χ1) is 11.5. The van der Waals surface area contributed by atoms with Crippen LogP contribution in [0.4, 0.5) is 4.39 Å². The molecule has 0 saturated carbocycles. The van der Waals surface area contributed by atoms with Gasteiger partial charge >= 0.3 is 0 Å². The molecule has 2 aromatic carbocycles. The zero-order valence-corrected chi connectivity index (χ0v) is 14.6. The maximum atomic E-state index is 13.0. The van der Waals surface area contributed by atoms with Gasteiger partial charge in [0.1, 0.15) is 5.82 Å². The van der Waals surface area contributed by atoms with E-state index in [1.165, 1.54) is 23.5 Å². The number of hydrogen-bond acceptors (Lipinski definition) is 3. The largest absolute Gasteiger partial charge is 0.241 e. The highest BCUT2D eigenvalue weighted by molar-refractivity contribution is 7.89. The molecule has 0 unspecified atom stereocenters. The van der Waals surface area contributed by atoms with E-state index in [2.05, 4.69) is 4.72 Å². The van der Waals surface area contributed by atoms with Gasteiger partial charge in [-0.3, -0.25) is 0 Å². The SMILES string of the molecule is Cc1ccc([C@H](NS(=O)(=O)c2ccc(F)cc2)c2cccs2)cc1. The molecule has 0 aliphatic rings. The van der Waals surface area contributed by atoms with Crippen LogP contribution >= 0.6 is 11.3 Å². The zero-order chi connectivity index (χ0) is 17.2. The van der Waals surface area contributed by atoms with E-state index >= 15 is 0 Å². The van der Waals surface area contributed by atoms with Crippen LogP contribution in [0.3, 0.4) is 0 Å². The Morgan fingerprint density at radius 1 is 1.00 bits per heavy atom. The number of sulfonamides is 1. The Hall–Kier alpha value is -2.02. The quantitative estimate of drug-likeness (QED) is 0.738. The second-order valence-electron chi connectivity index (χ2n) is 5.43. The molecular formula is C18H16FNO2S2. The lowest BCUT2D eigenvalue weighted by Gasteiger charge is -2.18. The van der Waals surface area contributed by atoms with Crippen LogP contribution in [-0.4, -0.2) is 8.42 Å². The van der Waals surface area contributed by atoms with E-state index in [4.69, 9.17) is 0 Å². The highest BCUT2D eigenvalue weighted by Gasteiger charge is 2.23. The van der Waals surface area contributed by atoms with Crippen molar-refractivity contribution < 1.29 is 12.8 Å². The van der Waals surface area contributed by atoms with Crippen LogP contribution in [0.5, 0.6) is 0 Å². The topological polar surface area (TPSA) is 46.2 Å². The highest BCUT2D eigenvalue weighted by atomic mass is 32.2. The van der Waals surface area contributed by atoms with E-state index in [9.17, 15) is 12.8 Å². The van der Waals surface area contributed by atoms with Gasteiger partial charge in [-0.25, -0.2) is 12.8 Å². The van der Waals surface area contributed by atoms with Gasteiger partial charge in [0.2, 0.25) is 10.0 Å². The molecular weight excluding hydrogens is 345 g/mol. The van der Waals surface area contributed by atoms with E-state index in [0.717, 1.165) is 28.1 Å². The lowest BCUT2D eigenvalue weighted by molar-refractivity contribution is 0.572. The van der Waals surface area contributed by atoms with Crippen LogP contribution in [0, 0.1) is 12.7 Å². The van der Waals surface area contributed by atoms with Gasteiger partial charge in [-0.15, -0.1) is 11.3 Å². The molecule has 0 fully saturated rings. The van der Waals surface area contributed by atoms with Crippen LogP contribution in [0.15, 0.2) is 70.9 Å². The van der Waals surface area contributed by atoms with E-state index < -0.39 is 21.9 Å². The molecule has 0 bridgehead atoms. The molecule has 1 heterocycles. The molecule has 0 radical (unpaired) electrons. The molecule has 3 nitrogen and oxygen atoms in total. The monoisotopic (exact) mass is 361 g/mol. The van der Waals surface area contributed by atoms with Crippen LogP contribution in [0.1, 0.15) is 22.0 Å². The normalized spacial score (nSPS) is 12.9. The molecule has 124 valence electrons. The number of hydrogen-bond donors (Lipinski definition) is 1. The van der Waals surface area contributed by atoms with Gasteiger partial charge in [0, 0.05) is 4.88 Å². The Labute approximate surface area is 144 Å². The van der Waals surface area contributed by atoms with Gasteiger partial charge in [0.15, 0.2) is 0 Å². The molecule has 6 heteroatoms. The minimum absolute atomic E-state index is 0.0394. The molecule has 0 aliphatic heterocycles. The van der Waals surface area contributed by atoms with Crippen molar-refractivity contribution >= 4 is 21.4 Å². The van der Waals surface area contributed by atoms with Crippen LogP contribution in [-0.2, 0) is 10.0 Å².